The fourth-order valence-corrected chi connectivity index (χ4v) is 4.32. The first-order chi connectivity index (χ1) is 14.6. The van der Waals surface area contributed by atoms with Gasteiger partial charge >= 0.3 is 0 Å². The van der Waals surface area contributed by atoms with Crippen molar-refractivity contribution in [3.05, 3.63) is 53.1 Å². The molecule has 6 heteroatoms. The zero-order valence-electron chi connectivity index (χ0n) is 17.0. The number of benzene rings is 1. The van der Waals surface area contributed by atoms with Crippen LogP contribution in [0.5, 0.6) is 0 Å². The molecule has 3 N–H and O–H groups in total. The van der Waals surface area contributed by atoms with Crippen LogP contribution >= 0.6 is 0 Å². The first kappa shape index (κ1) is 20.4. The van der Waals surface area contributed by atoms with Crippen molar-refractivity contribution in [3.8, 4) is 12.3 Å². The van der Waals surface area contributed by atoms with Crippen LogP contribution in [0.15, 0.2) is 30.5 Å². The Morgan fingerprint density at radius 3 is 2.83 bits per heavy atom. The summed E-state index contributed by atoms with van der Waals surface area (Å²) in [7, 11) is 0. The molecular formula is C24H27N3O3. The molecule has 2 aliphatic rings. The van der Waals surface area contributed by atoms with Gasteiger partial charge in [-0.15, -0.1) is 6.42 Å². The highest BCUT2D eigenvalue weighted by Crippen LogP contribution is 2.39. The Morgan fingerprint density at radius 1 is 1.33 bits per heavy atom. The van der Waals surface area contributed by atoms with E-state index in [0.29, 0.717) is 18.9 Å². The van der Waals surface area contributed by atoms with Gasteiger partial charge in [0.1, 0.15) is 5.69 Å². The minimum atomic E-state index is -0.329. The van der Waals surface area contributed by atoms with Crippen LogP contribution in [0.25, 0.3) is 5.57 Å². The molecule has 4 rings (SSSR count). The Labute approximate surface area is 176 Å². The molecule has 1 fully saturated rings. The van der Waals surface area contributed by atoms with Gasteiger partial charge in [0, 0.05) is 29.9 Å². The molecule has 1 saturated heterocycles. The molecule has 1 amide bonds. The molecular weight excluding hydrogens is 378 g/mol. The summed E-state index contributed by atoms with van der Waals surface area (Å²) in [6.45, 7) is 1.38. The summed E-state index contributed by atoms with van der Waals surface area (Å²) in [5, 5.41) is 13.2. The number of hydrogen-bond acceptors (Lipinski definition) is 4. The second-order valence-corrected chi connectivity index (χ2v) is 8.03. The van der Waals surface area contributed by atoms with Gasteiger partial charge in [0.05, 0.1) is 12.8 Å². The topological polar surface area (TPSA) is 87.2 Å². The SMILES string of the molecule is C#Cc1cnc(C(=O)Nc2ccc(C3(CO)CCOCC3)cc2C2=CCCCC2)[nH]1. The number of nitrogens with zero attached hydrogens (tertiary/aromatic N) is 1. The number of carbonyl (C=O) groups is 1. The quantitative estimate of drug-likeness (QED) is 0.663. The van der Waals surface area contributed by atoms with Crippen molar-refractivity contribution in [2.75, 3.05) is 25.1 Å². The number of aromatic amines is 1. The summed E-state index contributed by atoms with van der Waals surface area (Å²) >= 11 is 0. The first-order valence-electron chi connectivity index (χ1n) is 10.5. The third-order valence-corrected chi connectivity index (χ3v) is 6.22. The predicted octanol–water partition coefficient (Wildman–Crippen LogP) is 3.64. The number of ether oxygens (including phenoxy) is 1. The number of hydrogen-bond donors (Lipinski definition) is 3. The van der Waals surface area contributed by atoms with E-state index in [1.165, 1.54) is 18.2 Å². The molecule has 1 aliphatic heterocycles. The molecule has 30 heavy (non-hydrogen) atoms. The summed E-state index contributed by atoms with van der Waals surface area (Å²) < 4.78 is 5.53. The number of aromatic nitrogens is 2. The highest BCUT2D eigenvalue weighted by Gasteiger charge is 2.34. The summed E-state index contributed by atoms with van der Waals surface area (Å²) in [6.07, 6.45) is 15.0. The molecule has 6 nitrogen and oxygen atoms in total. The number of anilines is 1. The lowest BCUT2D eigenvalue weighted by molar-refractivity contribution is 0.0253. The number of aliphatic hydroxyl groups excluding tert-OH is 1. The van der Waals surface area contributed by atoms with E-state index in [2.05, 4.69) is 33.3 Å². The average Bonchev–Trinajstić information content (AvgIpc) is 3.30. The van der Waals surface area contributed by atoms with Crippen LogP contribution in [0.3, 0.4) is 0 Å². The summed E-state index contributed by atoms with van der Waals surface area (Å²) in [5.41, 5.74) is 4.27. The lowest BCUT2D eigenvalue weighted by Crippen LogP contribution is -2.37. The number of rotatable bonds is 5. The largest absolute Gasteiger partial charge is 0.395 e. The predicted molar refractivity (Wildman–Crippen MR) is 116 cm³/mol. The van der Waals surface area contributed by atoms with Crippen molar-refractivity contribution in [1.82, 2.24) is 9.97 Å². The standard InChI is InChI=1S/C24H27N3O3/c1-2-19-15-25-22(26-19)23(29)27-21-9-8-18(24(16-28)10-12-30-13-11-24)14-20(21)17-6-4-3-5-7-17/h1,6,8-9,14-15,28H,3-5,7,10-13,16H2,(H,25,26)(H,27,29). The molecule has 0 saturated carbocycles. The van der Waals surface area contributed by atoms with E-state index in [0.717, 1.165) is 48.9 Å². The van der Waals surface area contributed by atoms with Crippen molar-refractivity contribution in [2.24, 2.45) is 0 Å². The summed E-state index contributed by atoms with van der Waals surface area (Å²) in [5.74, 6) is 2.30. The maximum absolute atomic E-state index is 12.7. The maximum atomic E-state index is 12.7. The van der Waals surface area contributed by atoms with Crippen LogP contribution in [0.4, 0.5) is 5.69 Å². The van der Waals surface area contributed by atoms with E-state index in [1.807, 2.05) is 12.1 Å². The van der Waals surface area contributed by atoms with Gasteiger partial charge in [-0.05, 0) is 61.8 Å². The van der Waals surface area contributed by atoms with Gasteiger partial charge < -0.3 is 20.1 Å². The second-order valence-electron chi connectivity index (χ2n) is 8.03. The van der Waals surface area contributed by atoms with Crippen LogP contribution in [0, 0.1) is 12.3 Å². The van der Waals surface area contributed by atoms with Crippen LogP contribution in [0.2, 0.25) is 0 Å². The lowest BCUT2D eigenvalue weighted by atomic mass is 9.74. The molecule has 0 spiro atoms. The Kier molecular flexibility index (Phi) is 6.03. The summed E-state index contributed by atoms with van der Waals surface area (Å²) in [6, 6.07) is 6.10. The van der Waals surface area contributed by atoms with Crippen LogP contribution in [0.1, 0.15) is 66.0 Å². The maximum Gasteiger partial charge on any atom is 0.291 e. The van der Waals surface area contributed by atoms with E-state index in [-0.39, 0.29) is 23.8 Å². The molecule has 1 aliphatic carbocycles. The molecule has 0 atom stereocenters. The highest BCUT2D eigenvalue weighted by molar-refractivity contribution is 6.03. The van der Waals surface area contributed by atoms with Gasteiger partial charge in [0.25, 0.3) is 5.91 Å². The third kappa shape index (κ3) is 4.04. The van der Waals surface area contributed by atoms with Crippen LogP contribution < -0.4 is 5.32 Å². The van der Waals surface area contributed by atoms with Gasteiger partial charge in [-0.1, -0.05) is 18.1 Å². The zero-order valence-corrected chi connectivity index (χ0v) is 17.0. The zero-order chi connectivity index (χ0) is 21.0. The number of allylic oxidation sites excluding steroid dienone is 2. The van der Waals surface area contributed by atoms with Crippen molar-refractivity contribution >= 4 is 17.2 Å². The number of terminal acetylenes is 1. The van der Waals surface area contributed by atoms with Gasteiger partial charge in [0.15, 0.2) is 5.82 Å². The van der Waals surface area contributed by atoms with E-state index in [9.17, 15) is 9.90 Å². The second kappa shape index (κ2) is 8.86. The number of aliphatic hydroxyl groups is 1. The van der Waals surface area contributed by atoms with E-state index < -0.39 is 0 Å². The Morgan fingerprint density at radius 2 is 2.17 bits per heavy atom. The molecule has 2 aromatic rings. The lowest BCUT2D eigenvalue weighted by Gasteiger charge is -2.36. The molecule has 1 aromatic carbocycles. The van der Waals surface area contributed by atoms with Gasteiger partial charge in [0.2, 0.25) is 0 Å². The monoisotopic (exact) mass is 405 g/mol. The fourth-order valence-electron chi connectivity index (χ4n) is 4.32. The minimum Gasteiger partial charge on any atom is -0.395 e. The molecule has 1 aromatic heterocycles. The van der Waals surface area contributed by atoms with E-state index in [4.69, 9.17) is 11.2 Å². The number of H-pyrrole nitrogens is 1. The third-order valence-electron chi connectivity index (χ3n) is 6.22. The molecule has 2 heterocycles. The van der Waals surface area contributed by atoms with Gasteiger partial charge in [-0.25, -0.2) is 4.98 Å². The molecule has 0 unspecified atom stereocenters. The van der Waals surface area contributed by atoms with Crippen molar-refractivity contribution in [3.63, 3.8) is 0 Å². The van der Waals surface area contributed by atoms with Crippen LogP contribution in [-0.2, 0) is 10.2 Å². The Hall–Kier alpha value is -2.88. The normalized spacial score (nSPS) is 18.3. The summed E-state index contributed by atoms with van der Waals surface area (Å²) in [4.78, 5) is 19.6. The highest BCUT2D eigenvalue weighted by atomic mass is 16.5. The molecule has 0 radical (unpaired) electrons. The van der Waals surface area contributed by atoms with Gasteiger partial charge in [-0.3, -0.25) is 4.79 Å². The fraction of sp³-hybridized carbons (Fsp3) is 0.417. The Balaban J connectivity index is 1.70. The number of imidazole rings is 1. The number of nitrogens with one attached hydrogen (secondary N) is 2. The van der Waals surface area contributed by atoms with E-state index >= 15 is 0 Å². The van der Waals surface area contributed by atoms with Crippen molar-refractivity contribution < 1.29 is 14.6 Å². The average molecular weight is 405 g/mol. The Bertz CT molecular complexity index is 993. The molecule has 0 bridgehead atoms. The van der Waals surface area contributed by atoms with E-state index in [1.54, 1.807) is 0 Å². The smallest absolute Gasteiger partial charge is 0.291 e. The minimum absolute atomic E-state index is 0.0851. The van der Waals surface area contributed by atoms with Crippen molar-refractivity contribution in [2.45, 2.75) is 43.9 Å². The first-order valence-corrected chi connectivity index (χ1v) is 10.5. The van der Waals surface area contributed by atoms with Crippen LogP contribution in [-0.4, -0.2) is 40.8 Å². The van der Waals surface area contributed by atoms with Crippen molar-refractivity contribution in [1.29, 1.82) is 0 Å². The number of carbonyl (C=O) groups excluding carboxylic acids is 1. The van der Waals surface area contributed by atoms with Gasteiger partial charge in [-0.2, -0.15) is 0 Å². The molecule has 156 valence electrons. The number of amides is 1.